The van der Waals surface area contributed by atoms with Crippen molar-refractivity contribution < 1.29 is 9.90 Å². The standard InChI is InChI=1S/C9H16BrNO2/c1-7(2-3-12)11-6-8(5-10)4-9(11)13/h7-8,12H,2-6H2,1H3/t7-,8?/m1/s1. The van der Waals surface area contributed by atoms with Gasteiger partial charge in [-0.2, -0.15) is 0 Å². The maximum absolute atomic E-state index is 11.5. The van der Waals surface area contributed by atoms with Crippen molar-refractivity contribution in [2.75, 3.05) is 18.5 Å². The summed E-state index contributed by atoms with van der Waals surface area (Å²) < 4.78 is 0. The first-order valence-electron chi connectivity index (χ1n) is 4.65. The fourth-order valence-corrected chi connectivity index (χ4v) is 2.11. The minimum absolute atomic E-state index is 0.157. The van der Waals surface area contributed by atoms with Gasteiger partial charge in [-0.3, -0.25) is 4.79 Å². The van der Waals surface area contributed by atoms with E-state index in [0.717, 1.165) is 11.9 Å². The molecule has 1 unspecified atom stereocenters. The van der Waals surface area contributed by atoms with E-state index in [0.29, 0.717) is 18.8 Å². The van der Waals surface area contributed by atoms with Crippen LogP contribution in [0.1, 0.15) is 19.8 Å². The van der Waals surface area contributed by atoms with Crippen molar-refractivity contribution in [3.05, 3.63) is 0 Å². The van der Waals surface area contributed by atoms with Gasteiger partial charge in [-0.15, -0.1) is 0 Å². The van der Waals surface area contributed by atoms with Crippen LogP contribution >= 0.6 is 15.9 Å². The van der Waals surface area contributed by atoms with Crippen LogP contribution in [-0.4, -0.2) is 40.4 Å². The van der Waals surface area contributed by atoms with Crippen LogP contribution in [-0.2, 0) is 4.79 Å². The van der Waals surface area contributed by atoms with Gasteiger partial charge in [0.2, 0.25) is 5.91 Å². The smallest absolute Gasteiger partial charge is 0.223 e. The molecule has 4 heteroatoms. The highest BCUT2D eigenvalue weighted by Gasteiger charge is 2.31. The Balaban J connectivity index is 2.46. The number of alkyl halides is 1. The first-order chi connectivity index (χ1) is 6.19. The van der Waals surface area contributed by atoms with E-state index >= 15 is 0 Å². The first-order valence-corrected chi connectivity index (χ1v) is 5.77. The third-order valence-electron chi connectivity index (χ3n) is 2.54. The number of halogens is 1. The van der Waals surface area contributed by atoms with Crippen LogP contribution in [0.2, 0.25) is 0 Å². The number of hydrogen-bond acceptors (Lipinski definition) is 2. The van der Waals surface area contributed by atoms with Crippen LogP contribution in [0.5, 0.6) is 0 Å². The second kappa shape index (κ2) is 4.96. The summed E-state index contributed by atoms with van der Waals surface area (Å²) in [6.07, 6.45) is 1.34. The van der Waals surface area contributed by atoms with E-state index in [1.165, 1.54) is 0 Å². The SMILES string of the molecule is C[C@H](CCO)N1CC(CBr)CC1=O. The molecule has 1 aliphatic rings. The molecular formula is C9H16BrNO2. The van der Waals surface area contributed by atoms with Crippen molar-refractivity contribution in [1.82, 2.24) is 4.90 Å². The lowest BCUT2D eigenvalue weighted by Crippen LogP contribution is -2.35. The summed E-state index contributed by atoms with van der Waals surface area (Å²) in [6, 6.07) is 0.182. The van der Waals surface area contributed by atoms with Crippen LogP contribution in [0, 0.1) is 5.92 Å². The molecule has 1 aliphatic heterocycles. The monoisotopic (exact) mass is 249 g/mol. The molecule has 0 spiro atoms. The Labute approximate surface area is 87.2 Å². The Bertz CT molecular complexity index is 186. The summed E-state index contributed by atoms with van der Waals surface area (Å²) in [7, 11) is 0. The summed E-state index contributed by atoms with van der Waals surface area (Å²) in [4.78, 5) is 13.4. The van der Waals surface area contributed by atoms with Gasteiger partial charge in [-0.05, 0) is 19.3 Å². The van der Waals surface area contributed by atoms with Crippen molar-refractivity contribution in [2.45, 2.75) is 25.8 Å². The summed E-state index contributed by atoms with van der Waals surface area (Å²) in [5, 5.41) is 9.65. The van der Waals surface area contributed by atoms with Crippen LogP contribution in [0.3, 0.4) is 0 Å². The molecular weight excluding hydrogens is 234 g/mol. The maximum Gasteiger partial charge on any atom is 0.223 e. The number of likely N-dealkylation sites (tertiary alicyclic amines) is 1. The highest BCUT2D eigenvalue weighted by molar-refractivity contribution is 9.09. The second-order valence-corrected chi connectivity index (χ2v) is 4.28. The Morgan fingerprint density at radius 2 is 2.46 bits per heavy atom. The molecule has 0 aliphatic carbocycles. The maximum atomic E-state index is 11.5. The van der Waals surface area contributed by atoms with Crippen LogP contribution in [0.15, 0.2) is 0 Å². The molecule has 0 radical (unpaired) electrons. The number of hydrogen-bond donors (Lipinski definition) is 1. The van der Waals surface area contributed by atoms with E-state index in [-0.39, 0.29) is 18.6 Å². The summed E-state index contributed by atoms with van der Waals surface area (Å²) in [5.41, 5.74) is 0. The molecule has 13 heavy (non-hydrogen) atoms. The summed E-state index contributed by atoms with van der Waals surface area (Å²) >= 11 is 3.39. The zero-order valence-corrected chi connectivity index (χ0v) is 9.46. The molecule has 76 valence electrons. The molecule has 0 bridgehead atoms. The molecule has 3 nitrogen and oxygen atoms in total. The van der Waals surface area contributed by atoms with E-state index in [9.17, 15) is 4.79 Å². The van der Waals surface area contributed by atoms with E-state index in [1.54, 1.807) is 0 Å². The number of rotatable bonds is 4. The quantitative estimate of drug-likeness (QED) is 0.756. The largest absolute Gasteiger partial charge is 0.396 e. The highest BCUT2D eigenvalue weighted by atomic mass is 79.9. The van der Waals surface area contributed by atoms with Crippen molar-refractivity contribution in [3.8, 4) is 0 Å². The van der Waals surface area contributed by atoms with Crippen molar-refractivity contribution in [2.24, 2.45) is 5.92 Å². The molecule has 0 saturated carbocycles. The van der Waals surface area contributed by atoms with Gasteiger partial charge in [0.1, 0.15) is 0 Å². The number of carbonyl (C=O) groups excluding carboxylic acids is 1. The number of nitrogens with zero attached hydrogens (tertiary/aromatic N) is 1. The first kappa shape index (κ1) is 11.0. The fraction of sp³-hybridized carbons (Fsp3) is 0.889. The Morgan fingerprint density at radius 3 is 2.92 bits per heavy atom. The van der Waals surface area contributed by atoms with E-state index in [1.807, 2.05) is 11.8 Å². The number of amides is 1. The zero-order chi connectivity index (χ0) is 9.84. The predicted molar refractivity (Wildman–Crippen MR) is 54.8 cm³/mol. The summed E-state index contributed by atoms with van der Waals surface area (Å²) in [6.45, 7) is 2.99. The van der Waals surface area contributed by atoms with Gasteiger partial charge in [0.05, 0.1) is 0 Å². The van der Waals surface area contributed by atoms with E-state index in [4.69, 9.17) is 5.11 Å². The van der Waals surface area contributed by atoms with Crippen LogP contribution in [0.25, 0.3) is 0 Å². The number of aliphatic hydroxyl groups excluding tert-OH is 1. The summed E-state index contributed by atoms with van der Waals surface area (Å²) in [5.74, 6) is 0.680. The Hall–Kier alpha value is -0.0900. The predicted octanol–water partition coefficient (Wildman–Crippen LogP) is 1.00. The molecule has 0 aromatic carbocycles. The minimum Gasteiger partial charge on any atom is -0.396 e. The molecule has 0 aromatic rings. The zero-order valence-electron chi connectivity index (χ0n) is 7.87. The van der Waals surface area contributed by atoms with Crippen molar-refractivity contribution in [1.29, 1.82) is 0 Å². The van der Waals surface area contributed by atoms with Gasteiger partial charge in [-0.1, -0.05) is 15.9 Å². The van der Waals surface area contributed by atoms with Gasteiger partial charge in [-0.25, -0.2) is 0 Å². The minimum atomic E-state index is 0.157. The van der Waals surface area contributed by atoms with Gasteiger partial charge in [0, 0.05) is 30.9 Å². The van der Waals surface area contributed by atoms with Crippen molar-refractivity contribution >= 4 is 21.8 Å². The number of aliphatic hydroxyl groups is 1. The third kappa shape index (κ3) is 2.68. The average Bonchev–Trinajstić information content (AvgIpc) is 2.47. The van der Waals surface area contributed by atoms with Crippen molar-refractivity contribution in [3.63, 3.8) is 0 Å². The molecule has 1 saturated heterocycles. The molecule has 0 aromatic heterocycles. The van der Waals surface area contributed by atoms with Crippen LogP contribution < -0.4 is 0 Å². The normalized spacial score (nSPS) is 25.3. The fourth-order valence-electron chi connectivity index (χ4n) is 1.68. The van der Waals surface area contributed by atoms with Gasteiger partial charge in [0.15, 0.2) is 0 Å². The second-order valence-electron chi connectivity index (χ2n) is 3.63. The lowest BCUT2D eigenvalue weighted by Gasteiger charge is -2.23. The average molecular weight is 250 g/mol. The highest BCUT2D eigenvalue weighted by Crippen LogP contribution is 2.22. The number of carbonyl (C=O) groups is 1. The van der Waals surface area contributed by atoms with Crippen LogP contribution in [0.4, 0.5) is 0 Å². The molecule has 1 fully saturated rings. The lowest BCUT2D eigenvalue weighted by molar-refractivity contribution is -0.129. The van der Waals surface area contributed by atoms with Gasteiger partial charge in [0.25, 0.3) is 0 Å². The van der Waals surface area contributed by atoms with E-state index in [2.05, 4.69) is 15.9 Å². The van der Waals surface area contributed by atoms with Gasteiger partial charge >= 0.3 is 0 Å². The Kier molecular flexibility index (Phi) is 4.19. The van der Waals surface area contributed by atoms with E-state index < -0.39 is 0 Å². The topological polar surface area (TPSA) is 40.5 Å². The molecule has 1 amide bonds. The third-order valence-corrected chi connectivity index (χ3v) is 3.45. The molecule has 1 N–H and O–H groups in total. The molecule has 1 rings (SSSR count). The Morgan fingerprint density at radius 1 is 1.77 bits per heavy atom. The molecule has 2 atom stereocenters. The van der Waals surface area contributed by atoms with Gasteiger partial charge < -0.3 is 10.0 Å². The molecule has 1 heterocycles. The lowest BCUT2D eigenvalue weighted by atomic mass is 10.1.